The van der Waals surface area contributed by atoms with E-state index in [1.807, 2.05) is 26.0 Å². The van der Waals surface area contributed by atoms with Crippen LogP contribution in [0.1, 0.15) is 25.3 Å². The number of aromatic nitrogens is 1. The van der Waals surface area contributed by atoms with E-state index in [0.717, 1.165) is 10.0 Å². The van der Waals surface area contributed by atoms with Crippen molar-refractivity contribution in [3.63, 3.8) is 0 Å². The number of nitro groups is 1. The quantitative estimate of drug-likeness (QED) is 0.601. The van der Waals surface area contributed by atoms with E-state index in [4.69, 9.17) is 4.74 Å². The third-order valence-corrected chi connectivity index (χ3v) is 3.26. The van der Waals surface area contributed by atoms with Crippen molar-refractivity contribution < 1.29 is 9.66 Å². The third kappa shape index (κ3) is 3.14. The number of nitrogens with zero attached hydrogens (tertiary/aromatic N) is 2. The second kappa shape index (κ2) is 6.00. The van der Waals surface area contributed by atoms with Crippen molar-refractivity contribution >= 4 is 21.6 Å². The molecular weight excluding hydrogens is 324 g/mol. The molecule has 0 bridgehead atoms. The van der Waals surface area contributed by atoms with Gasteiger partial charge in [0.1, 0.15) is 11.9 Å². The molecule has 0 N–H and O–H groups in total. The van der Waals surface area contributed by atoms with Gasteiger partial charge in [0.2, 0.25) is 5.75 Å². The van der Waals surface area contributed by atoms with Crippen LogP contribution in [-0.4, -0.2) is 9.91 Å². The number of hydrogen-bond donors (Lipinski definition) is 0. The van der Waals surface area contributed by atoms with E-state index in [9.17, 15) is 10.1 Å². The average molecular weight is 337 g/mol. The van der Waals surface area contributed by atoms with Crippen LogP contribution in [0.15, 0.2) is 41.1 Å². The lowest BCUT2D eigenvalue weighted by molar-refractivity contribution is -0.386. The van der Waals surface area contributed by atoms with Gasteiger partial charge in [-0.05, 0) is 29.7 Å². The summed E-state index contributed by atoms with van der Waals surface area (Å²) in [7, 11) is 0. The highest BCUT2D eigenvalue weighted by atomic mass is 79.9. The summed E-state index contributed by atoms with van der Waals surface area (Å²) in [5, 5.41) is 11.0. The molecule has 0 unspecified atom stereocenters. The lowest BCUT2D eigenvalue weighted by Crippen LogP contribution is -1.97. The summed E-state index contributed by atoms with van der Waals surface area (Å²) in [6.45, 7) is 4.07. The van der Waals surface area contributed by atoms with Gasteiger partial charge in [0.05, 0.1) is 4.92 Å². The smallest absolute Gasteiger partial charge is 0.329 e. The summed E-state index contributed by atoms with van der Waals surface area (Å²) in [6, 6.07) is 7.08. The van der Waals surface area contributed by atoms with E-state index in [1.54, 1.807) is 6.07 Å². The van der Waals surface area contributed by atoms with Crippen LogP contribution in [-0.2, 0) is 0 Å². The number of rotatable bonds is 4. The van der Waals surface area contributed by atoms with E-state index in [0.29, 0.717) is 5.75 Å². The molecule has 1 aromatic carbocycles. The fourth-order valence-electron chi connectivity index (χ4n) is 1.78. The Labute approximate surface area is 124 Å². The van der Waals surface area contributed by atoms with Gasteiger partial charge in [-0.25, -0.2) is 0 Å². The SMILES string of the molecule is CC(C)c1cc(Br)ccc1Oc1ccncc1[N+](=O)[O-]. The summed E-state index contributed by atoms with van der Waals surface area (Å²) in [5.41, 5.74) is 0.829. The van der Waals surface area contributed by atoms with Crippen molar-refractivity contribution in [3.8, 4) is 11.5 Å². The summed E-state index contributed by atoms with van der Waals surface area (Å²) in [4.78, 5) is 14.2. The van der Waals surface area contributed by atoms with Crippen LogP contribution in [0.5, 0.6) is 11.5 Å². The fourth-order valence-corrected chi connectivity index (χ4v) is 2.16. The van der Waals surface area contributed by atoms with Crippen molar-refractivity contribution in [2.75, 3.05) is 0 Å². The molecule has 2 aromatic rings. The first-order valence-electron chi connectivity index (χ1n) is 6.04. The van der Waals surface area contributed by atoms with Gasteiger partial charge in [-0.2, -0.15) is 0 Å². The van der Waals surface area contributed by atoms with Crippen LogP contribution >= 0.6 is 15.9 Å². The van der Waals surface area contributed by atoms with Crippen LogP contribution in [0.3, 0.4) is 0 Å². The Morgan fingerprint density at radius 2 is 2.05 bits per heavy atom. The number of hydrogen-bond acceptors (Lipinski definition) is 4. The zero-order valence-corrected chi connectivity index (χ0v) is 12.6. The van der Waals surface area contributed by atoms with Crippen LogP contribution in [0, 0.1) is 10.1 Å². The molecule has 6 heteroatoms. The molecule has 2 rings (SSSR count). The molecule has 0 aliphatic rings. The molecule has 0 aliphatic carbocycles. The highest BCUT2D eigenvalue weighted by Crippen LogP contribution is 2.35. The monoisotopic (exact) mass is 336 g/mol. The molecule has 104 valence electrons. The second-order valence-corrected chi connectivity index (χ2v) is 5.46. The van der Waals surface area contributed by atoms with Gasteiger partial charge >= 0.3 is 5.69 Å². The van der Waals surface area contributed by atoms with Crippen molar-refractivity contribution in [2.45, 2.75) is 19.8 Å². The zero-order valence-electron chi connectivity index (χ0n) is 11.0. The summed E-state index contributed by atoms with van der Waals surface area (Å²) < 4.78 is 6.66. The second-order valence-electron chi connectivity index (χ2n) is 4.54. The highest BCUT2D eigenvalue weighted by molar-refractivity contribution is 9.10. The minimum absolute atomic E-state index is 0.148. The normalized spacial score (nSPS) is 10.6. The predicted octanol–water partition coefficient (Wildman–Crippen LogP) is 4.67. The predicted molar refractivity (Wildman–Crippen MR) is 79.2 cm³/mol. The van der Waals surface area contributed by atoms with Crippen LogP contribution < -0.4 is 4.74 Å². The van der Waals surface area contributed by atoms with E-state index < -0.39 is 4.92 Å². The zero-order chi connectivity index (χ0) is 14.7. The molecule has 1 aromatic heterocycles. The van der Waals surface area contributed by atoms with Crippen molar-refractivity contribution in [2.24, 2.45) is 0 Å². The van der Waals surface area contributed by atoms with Gasteiger partial charge < -0.3 is 4.74 Å². The maximum absolute atomic E-state index is 11.0. The van der Waals surface area contributed by atoms with Gasteiger partial charge in [0.25, 0.3) is 0 Å². The van der Waals surface area contributed by atoms with Gasteiger partial charge in [-0.3, -0.25) is 15.1 Å². The van der Waals surface area contributed by atoms with Crippen LogP contribution in [0.4, 0.5) is 5.69 Å². The van der Waals surface area contributed by atoms with Gasteiger partial charge in [0.15, 0.2) is 0 Å². The minimum atomic E-state index is -0.504. The maximum Gasteiger partial charge on any atom is 0.329 e. The molecule has 0 spiro atoms. The molecule has 0 saturated heterocycles. The molecule has 20 heavy (non-hydrogen) atoms. The Morgan fingerprint density at radius 1 is 1.30 bits per heavy atom. The van der Waals surface area contributed by atoms with E-state index in [1.165, 1.54) is 18.5 Å². The Morgan fingerprint density at radius 3 is 2.70 bits per heavy atom. The molecule has 1 heterocycles. The summed E-state index contributed by atoms with van der Waals surface area (Å²) >= 11 is 3.41. The van der Waals surface area contributed by atoms with Gasteiger partial charge in [-0.15, -0.1) is 0 Å². The fraction of sp³-hybridized carbons (Fsp3) is 0.214. The first kappa shape index (κ1) is 14.5. The van der Waals surface area contributed by atoms with Crippen LogP contribution in [0.2, 0.25) is 0 Å². The average Bonchev–Trinajstić information content (AvgIpc) is 2.41. The van der Waals surface area contributed by atoms with Crippen molar-refractivity contribution in [1.82, 2.24) is 4.98 Å². The molecule has 0 atom stereocenters. The lowest BCUT2D eigenvalue weighted by Gasteiger charge is -2.14. The standard InChI is InChI=1S/C14H13BrN2O3/c1-9(2)11-7-10(15)3-4-13(11)20-14-5-6-16-8-12(14)17(18)19/h3-9H,1-2H3. The Kier molecular flexibility index (Phi) is 4.34. The molecule has 5 nitrogen and oxygen atoms in total. The number of benzene rings is 1. The largest absolute Gasteiger partial charge is 0.450 e. The third-order valence-electron chi connectivity index (χ3n) is 2.77. The molecule has 0 saturated carbocycles. The lowest BCUT2D eigenvalue weighted by atomic mass is 10.0. The summed E-state index contributed by atoms with van der Waals surface area (Å²) in [6.07, 6.45) is 2.65. The molecule has 0 aliphatic heterocycles. The minimum Gasteiger partial charge on any atom is -0.450 e. The first-order valence-corrected chi connectivity index (χ1v) is 6.84. The molecule has 0 radical (unpaired) electrons. The molecular formula is C14H13BrN2O3. The summed E-state index contributed by atoms with van der Waals surface area (Å²) in [5.74, 6) is 1.04. The molecule has 0 fully saturated rings. The molecule has 0 amide bonds. The van der Waals surface area contributed by atoms with Crippen molar-refractivity contribution in [1.29, 1.82) is 0 Å². The van der Waals surface area contributed by atoms with Crippen LogP contribution in [0.25, 0.3) is 0 Å². The number of pyridine rings is 1. The number of halogens is 1. The Balaban J connectivity index is 2.43. The van der Waals surface area contributed by atoms with E-state index >= 15 is 0 Å². The van der Waals surface area contributed by atoms with Gasteiger partial charge in [0, 0.05) is 16.7 Å². The first-order chi connectivity index (χ1) is 9.49. The number of ether oxygens (including phenoxy) is 1. The highest BCUT2D eigenvalue weighted by Gasteiger charge is 2.17. The Hall–Kier alpha value is -1.95. The van der Waals surface area contributed by atoms with E-state index in [-0.39, 0.29) is 17.4 Å². The Bertz CT molecular complexity index is 644. The van der Waals surface area contributed by atoms with E-state index in [2.05, 4.69) is 20.9 Å². The maximum atomic E-state index is 11.0. The van der Waals surface area contributed by atoms with Gasteiger partial charge in [-0.1, -0.05) is 29.8 Å². The van der Waals surface area contributed by atoms with Crippen molar-refractivity contribution in [3.05, 3.63) is 56.8 Å². The topological polar surface area (TPSA) is 65.3 Å².